The minimum absolute atomic E-state index is 0.724. The summed E-state index contributed by atoms with van der Waals surface area (Å²) in [6, 6.07) is 3.84. The molecule has 3 saturated heterocycles. The molecule has 5 heterocycles. The van der Waals surface area contributed by atoms with Crippen LogP contribution in [0.3, 0.4) is 0 Å². The zero-order valence-electron chi connectivity index (χ0n) is 17.5. The third-order valence-corrected chi connectivity index (χ3v) is 10.2. The van der Waals surface area contributed by atoms with Gasteiger partial charge in [-0.05, 0) is 0 Å². The molecule has 0 bridgehead atoms. The fraction of sp³-hybridized carbons (Fsp3) is 0.706. The number of rotatable bonds is 5. The van der Waals surface area contributed by atoms with E-state index in [-0.39, 0.29) is 0 Å². The van der Waals surface area contributed by atoms with Gasteiger partial charge >= 0.3 is 162 Å². The number of hydrogen-bond donors (Lipinski definition) is 3. The third-order valence-electron chi connectivity index (χ3n) is 5.94. The van der Waals surface area contributed by atoms with Crippen molar-refractivity contribution in [3.05, 3.63) is 18.3 Å². The molecule has 31 heavy (non-hydrogen) atoms. The average molecular weight is 475 g/mol. The van der Waals surface area contributed by atoms with Gasteiger partial charge < -0.3 is 14.7 Å². The summed E-state index contributed by atoms with van der Waals surface area (Å²) in [6.07, 6.45) is 9.35. The number of nitrogens with zero attached hydrogens (tertiary/aromatic N) is 7. The summed E-state index contributed by atoms with van der Waals surface area (Å²) >= 11 is 0. The number of pyridine rings is 1. The van der Waals surface area contributed by atoms with Crippen LogP contribution in [0.25, 0.3) is 11.2 Å². The number of fused-ring (bicyclic) bond motifs is 1. The van der Waals surface area contributed by atoms with Crippen molar-refractivity contribution in [3.8, 4) is 0 Å². The fourth-order valence-corrected chi connectivity index (χ4v) is 9.32. The zero-order chi connectivity index (χ0) is 21.9. The van der Waals surface area contributed by atoms with E-state index in [1.165, 1.54) is 38.5 Å². The van der Waals surface area contributed by atoms with Gasteiger partial charge in [0.1, 0.15) is 0 Å². The van der Waals surface area contributed by atoms with Crippen molar-refractivity contribution in [1.29, 1.82) is 0 Å². The van der Waals surface area contributed by atoms with Crippen LogP contribution < -0.4 is 4.62 Å². The topological polar surface area (TPSA) is 140 Å². The van der Waals surface area contributed by atoms with Crippen molar-refractivity contribution in [2.45, 2.75) is 38.5 Å². The summed E-state index contributed by atoms with van der Waals surface area (Å²) in [5, 5.41) is 8.61. The van der Waals surface area contributed by atoms with E-state index >= 15 is 0 Å². The van der Waals surface area contributed by atoms with E-state index in [9.17, 15) is 0 Å². The number of hydrogen-bond acceptors (Lipinski definition) is 8. The van der Waals surface area contributed by atoms with Crippen molar-refractivity contribution in [2.75, 3.05) is 39.3 Å². The van der Waals surface area contributed by atoms with Gasteiger partial charge in [-0.25, -0.2) is 4.57 Å². The first-order chi connectivity index (χ1) is 14.9. The molecule has 0 spiro atoms. The summed E-state index contributed by atoms with van der Waals surface area (Å²) in [7, 11) is -7.14. The van der Waals surface area contributed by atoms with Gasteiger partial charge in [0.15, 0.2) is 0 Å². The van der Waals surface area contributed by atoms with E-state index in [0.717, 1.165) is 50.4 Å². The Morgan fingerprint density at radius 1 is 0.871 bits per heavy atom. The molecule has 0 radical (unpaired) electrons. The summed E-state index contributed by atoms with van der Waals surface area (Å²) in [5.41, 5.74) is 1.52. The molecular weight excluding hydrogens is 444 g/mol. The molecule has 5 rings (SSSR count). The Bertz CT molecular complexity index is 858. The van der Waals surface area contributed by atoms with Crippen LogP contribution in [0.2, 0.25) is 0 Å². The zero-order valence-corrected chi connectivity index (χ0v) is 19.3. The standard InChI is InChI=1S/C17H28N7OP.H3O4P/c1-2-11-21(10-1)26(22-12-3-4-13-22,23-14-5-6-15-23)25-24-17-16(19-20-24)8-7-9-18-17;1-5(2,3)4/h7-9,26H,1-6,10-15H2;(H3,1,2,3,4). The fourth-order valence-electron chi connectivity index (χ4n) is 4.72. The van der Waals surface area contributed by atoms with Crippen molar-refractivity contribution in [2.24, 2.45) is 0 Å². The van der Waals surface area contributed by atoms with Crippen LogP contribution in [0.5, 0.6) is 0 Å². The molecule has 3 fully saturated rings. The maximum atomic E-state index is 8.88. The van der Waals surface area contributed by atoms with Crippen LogP contribution >= 0.6 is 15.8 Å². The van der Waals surface area contributed by atoms with E-state index in [1.807, 2.05) is 12.1 Å². The quantitative estimate of drug-likeness (QED) is 0.534. The van der Waals surface area contributed by atoms with Crippen molar-refractivity contribution in [1.82, 2.24) is 34.2 Å². The van der Waals surface area contributed by atoms with Gasteiger partial charge in [-0.15, -0.1) is 0 Å². The Morgan fingerprint density at radius 2 is 1.32 bits per heavy atom. The normalized spacial score (nSPS) is 22.0. The Labute approximate surface area is 181 Å². The predicted molar refractivity (Wildman–Crippen MR) is 117 cm³/mol. The SMILES string of the molecule is O=P(O)(O)O.c1cnc2c(c1)nnn2O[PH](N1CCCC1)(N1CCCC1)N1CCCC1. The molecular formula is C17H31N7O5P2. The van der Waals surface area contributed by atoms with E-state index in [0.29, 0.717) is 0 Å². The number of aromatic nitrogens is 4. The van der Waals surface area contributed by atoms with Crippen LogP contribution in [0, 0.1) is 0 Å². The molecule has 2 aromatic rings. The molecule has 3 aliphatic heterocycles. The summed E-state index contributed by atoms with van der Waals surface area (Å²) in [6.45, 7) is 6.75. The second-order valence-electron chi connectivity index (χ2n) is 8.07. The molecule has 12 nitrogen and oxygen atoms in total. The van der Waals surface area contributed by atoms with Crippen LogP contribution in [0.15, 0.2) is 18.3 Å². The number of phosphoric acid groups is 1. The van der Waals surface area contributed by atoms with Crippen molar-refractivity contribution < 1.29 is 23.9 Å². The average Bonchev–Trinajstić information content (AvgIpc) is 3.54. The Kier molecular flexibility index (Phi) is 7.20. The van der Waals surface area contributed by atoms with Crippen LogP contribution in [-0.2, 0) is 4.57 Å². The Balaban J connectivity index is 0.000000418. The molecule has 3 aliphatic rings. The molecule has 2 aromatic heterocycles. The van der Waals surface area contributed by atoms with Crippen LogP contribution in [0.1, 0.15) is 38.5 Å². The molecule has 0 aromatic carbocycles. The van der Waals surface area contributed by atoms with E-state index in [1.54, 1.807) is 11.0 Å². The molecule has 0 amide bonds. The summed E-state index contributed by atoms with van der Waals surface area (Å²) in [5.74, 6) is 0. The van der Waals surface area contributed by atoms with Gasteiger partial charge in [0, 0.05) is 0 Å². The summed E-state index contributed by atoms with van der Waals surface area (Å²) < 4.78 is 23.7. The first kappa shape index (κ1) is 22.9. The van der Waals surface area contributed by atoms with E-state index < -0.39 is 15.8 Å². The second-order valence-corrected chi connectivity index (χ2v) is 12.3. The summed E-state index contributed by atoms with van der Waals surface area (Å²) in [4.78, 5) is 27.7. The first-order valence-corrected chi connectivity index (χ1v) is 14.1. The van der Waals surface area contributed by atoms with Gasteiger partial charge in [0.2, 0.25) is 0 Å². The van der Waals surface area contributed by atoms with E-state index in [4.69, 9.17) is 23.9 Å². The van der Waals surface area contributed by atoms with Gasteiger partial charge in [0.25, 0.3) is 0 Å². The molecule has 0 atom stereocenters. The van der Waals surface area contributed by atoms with Gasteiger partial charge in [0.05, 0.1) is 0 Å². The molecule has 174 valence electrons. The predicted octanol–water partition coefficient (Wildman–Crippen LogP) is 1.02. The van der Waals surface area contributed by atoms with Crippen molar-refractivity contribution in [3.63, 3.8) is 0 Å². The maximum absolute atomic E-state index is 8.88. The Morgan fingerprint density at radius 3 is 1.77 bits per heavy atom. The minimum atomic E-state index is -4.64. The van der Waals surface area contributed by atoms with Crippen molar-refractivity contribution >= 4 is 26.9 Å². The molecule has 0 unspecified atom stereocenters. The molecule has 0 aliphatic carbocycles. The molecule has 3 N–H and O–H groups in total. The monoisotopic (exact) mass is 475 g/mol. The Hall–Kier alpha value is -1.23. The molecule has 14 heteroatoms. The van der Waals surface area contributed by atoms with Crippen LogP contribution in [0.4, 0.5) is 0 Å². The van der Waals surface area contributed by atoms with Gasteiger partial charge in [-0.3, -0.25) is 0 Å². The third kappa shape index (κ3) is 5.23. The molecule has 0 saturated carbocycles. The second kappa shape index (κ2) is 9.72. The van der Waals surface area contributed by atoms with Gasteiger partial charge in [-0.1, -0.05) is 0 Å². The van der Waals surface area contributed by atoms with Gasteiger partial charge in [-0.2, -0.15) is 0 Å². The first-order valence-electron chi connectivity index (χ1n) is 10.8. The van der Waals surface area contributed by atoms with E-state index in [2.05, 4.69) is 29.3 Å². The van der Waals surface area contributed by atoms with Crippen LogP contribution in [-0.4, -0.2) is 88.1 Å².